The van der Waals surface area contributed by atoms with Crippen molar-refractivity contribution >= 4 is 27.2 Å². The Morgan fingerprint density at radius 1 is 1.21 bits per heavy atom. The molecule has 9 nitrogen and oxygen atoms in total. The van der Waals surface area contributed by atoms with Crippen molar-refractivity contribution in [3.63, 3.8) is 0 Å². The number of aromatic nitrogens is 2. The number of hydrogen-bond acceptors (Lipinski definition) is 7. The van der Waals surface area contributed by atoms with Crippen molar-refractivity contribution in [3.05, 3.63) is 41.7 Å². The summed E-state index contributed by atoms with van der Waals surface area (Å²) in [6.45, 7) is 13.4. The molecule has 2 N–H and O–H groups in total. The first-order valence-electron chi connectivity index (χ1n) is 11.8. The minimum atomic E-state index is -3.69. The summed E-state index contributed by atoms with van der Waals surface area (Å²) in [5.74, 6) is 1.07. The number of benzene rings is 1. The molecular weight excluding hydrogens is 452 g/mol. The number of ether oxygens (including phenoxy) is 1. The van der Waals surface area contributed by atoms with Crippen LogP contribution in [-0.2, 0) is 23.5 Å². The Morgan fingerprint density at radius 2 is 1.91 bits per heavy atom. The molecule has 184 valence electrons. The summed E-state index contributed by atoms with van der Waals surface area (Å²) >= 11 is 0. The molecule has 1 saturated heterocycles. The normalized spacial score (nSPS) is 21.1. The lowest BCUT2D eigenvalue weighted by atomic mass is 10.1. The highest BCUT2D eigenvalue weighted by Gasteiger charge is 2.33. The zero-order valence-electron chi connectivity index (χ0n) is 20.6. The summed E-state index contributed by atoms with van der Waals surface area (Å²) in [5.41, 5.74) is 3.74. The quantitative estimate of drug-likeness (QED) is 0.624. The van der Waals surface area contributed by atoms with Crippen LogP contribution in [0.2, 0.25) is 0 Å². The molecule has 0 unspecified atom stereocenters. The number of sulfonamides is 1. The third-order valence-corrected chi connectivity index (χ3v) is 7.85. The second-order valence-corrected chi connectivity index (χ2v) is 10.9. The standard InChI is InChI=1S/C24H34N6O3S/c1-7-9-20-22-23(29(6)28-20)17(5)26-24(27-22)19-12-18(10-11-21(19)33-8-2)34(31,32)30-13-15(3)25-16(4)14-30/h10-12,15-16,25H,5,7-9,13-14H2,1-4,6H3,(H,26,27)/t15-,16+. The Hall–Kier alpha value is -2.69. The molecule has 0 saturated carbocycles. The topological polar surface area (TPSA) is 101 Å². The van der Waals surface area contributed by atoms with Gasteiger partial charge in [-0.25, -0.2) is 13.4 Å². The number of amidine groups is 1. The number of piperazine rings is 1. The molecular formula is C24H34N6O3S. The lowest BCUT2D eigenvalue weighted by Gasteiger charge is -2.35. The fourth-order valence-electron chi connectivity index (χ4n) is 4.66. The molecule has 2 atom stereocenters. The van der Waals surface area contributed by atoms with Crippen LogP contribution in [0.4, 0.5) is 5.69 Å². The zero-order chi connectivity index (χ0) is 24.6. The van der Waals surface area contributed by atoms with Crippen molar-refractivity contribution < 1.29 is 13.2 Å². The molecule has 0 radical (unpaired) electrons. The maximum absolute atomic E-state index is 13.6. The lowest BCUT2D eigenvalue weighted by molar-refractivity contribution is 0.263. The largest absolute Gasteiger partial charge is 0.493 e. The van der Waals surface area contributed by atoms with E-state index in [0.29, 0.717) is 42.5 Å². The minimum Gasteiger partial charge on any atom is -0.493 e. The Kier molecular flexibility index (Phi) is 6.84. The van der Waals surface area contributed by atoms with Gasteiger partial charge in [-0.05, 0) is 45.4 Å². The number of aryl methyl sites for hydroxylation is 2. The second kappa shape index (κ2) is 9.52. The summed E-state index contributed by atoms with van der Waals surface area (Å²) in [5, 5.41) is 11.3. The van der Waals surface area contributed by atoms with E-state index in [9.17, 15) is 8.42 Å². The number of rotatable bonds is 7. The van der Waals surface area contributed by atoms with Gasteiger partial charge in [0.2, 0.25) is 10.0 Å². The van der Waals surface area contributed by atoms with E-state index in [1.165, 1.54) is 0 Å². The van der Waals surface area contributed by atoms with Crippen molar-refractivity contribution in [1.29, 1.82) is 0 Å². The molecule has 0 spiro atoms. The Balaban J connectivity index is 1.80. The third kappa shape index (κ3) is 4.49. The summed E-state index contributed by atoms with van der Waals surface area (Å²) in [4.78, 5) is 5.09. The van der Waals surface area contributed by atoms with E-state index in [0.717, 1.165) is 29.9 Å². The van der Waals surface area contributed by atoms with E-state index in [4.69, 9.17) is 9.73 Å². The van der Waals surface area contributed by atoms with E-state index in [1.54, 1.807) is 27.2 Å². The summed E-state index contributed by atoms with van der Waals surface area (Å²) in [6, 6.07) is 5.12. The van der Waals surface area contributed by atoms with Crippen molar-refractivity contribution in [2.75, 3.05) is 19.7 Å². The Bertz CT molecular complexity index is 1220. The van der Waals surface area contributed by atoms with Crippen molar-refractivity contribution in [2.24, 2.45) is 12.0 Å². The first-order valence-corrected chi connectivity index (χ1v) is 13.2. The molecule has 2 aromatic rings. The lowest BCUT2D eigenvalue weighted by Crippen LogP contribution is -2.55. The fraction of sp³-hybridized carbons (Fsp3) is 0.500. The highest BCUT2D eigenvalue weighted by Crippen LogP contribution is 2.35. The fourth-order valence-corrected chi connectivity index (χ4v) is 6.30. The molecule has 3 heterocycles. The van der Waals surface area contributed by atoms with Crippen molar-refractivity contribution in [1.82, 2.24) is 24.7 Å². The zero-order valence-corrected chi connectivity index (χ0v) is 21.4. The van der Waals surface area contributed by atoms with Crippen LogP contribution in [0.25, 0.3) is 5.70 Å². The van der Waals surface area contributed by atoms with E-state index >= 15 is 0 Å². The number of nitrogens with one attached hydrogen (secondary N) is 2. The van der Waals surface area contributed by atoms with E-state index in [2.05, 4.69) is 29.2 Å². The Morgan fingerprint density at radius 3 is 2.56 bits per heavy atom. The van der Waals surface area contributed by atoms with Gasteiger partial charge in [0, 0.05) is 32.2 Å². The second-order valence-electron chi connectivity index (χ2n) is 8.96. The van der Waals surface area contributed by atoms with Gasteiger partial charge in [-0.3, -0.25) is 4.68 Å². The van der Waals surface area contributed by atoms with Gasteiger partial charge in [0.05, 0.1) is 28.5 Å². The predicted molar refractivity (Wildman–Crippen MR) is 134 cm³/mol. The number of hydrogen-bond donors (Lipinski definition) is 2. The minimum absolute atomic E-state index is 0.0781. The molecule has 2 aliphatic heterocycles. The van der Waals surface area contributed by atoms with Gasteiger partial charge in [-0.2, -0.15) is 9.40 Å². The van der Waals surface area contributed by atoms with Crippen LogP contribution in [0.3, 0.4) is 0 Å². The van der Waals surface area contributed by atoms with Gasteiger partial charge in [0.25, 0.3) is 0 Å². The van der Waals surface area contributed by atoms with Gasteiger partial charge >= 0.3 is 0 Å². The van der Waals surface area contributed by atoms with Gasteiger partial charge in [-0.15, -0.1) is 0 Å². The molecule has 0 aliphatic carbocycles. The van der Waals surface area contributed by atoms with Crippen LogP contribution in [0, 0.1) is 0 Å². The molecule has 1 fully saturated rings. The third-order valence-electron chi connectivity index (χ3n) is 6.03. The van der Waals surface area contributed by atoms with E-state index in [1.807, 2.05) is 27.8 Å². The van der Waals surface area contributed by atoms with Crippen LogP contribution in [-0.4, -0.2) is 60.1 Å². The average molecular weight is 487 g/mol. The number of fused-ring (bicyclic) bond motifs is 1. The maximum Gasteiger partial charge on any atom is 0.243 e. The molecule has 0 bridgehead atoms. The van der Waals surface area contributed by atoms with Crippen LogP contribution >= 0.6 is 0 Å². The summed E-state index contributed by atoms with van der Waals surface area (Å²) in [6.07, 6.45) is 1.73. The van der Waals surface area contributed by atoms with Crippen LogP contribution in [0.1, 0.15) is 51.1 Å². The van der Waals surface area contributed by atoms with Gasteiger partial charge < -0.3 is 15.4 Å². The average Bonchev–Trinajstić information content (AvgIpc) is 3.09. The molecule has 34 heavy (non-hydrogen) atoms. The highest BCUT2D eigenvalue weighted by molar-refractivity contribution is 7.89. The number of aliphatic imine (C=N–C) groups is 1. The number of nitrogens with zero attached hydrogens (tertiary/aromatic N) is 4. The molecule has 1 aromatic carbocycles. The van der Waals surface area contributed by atoms with Crippen LogP contribution in [0.5, 0.6) is 5.75 Å². The predicted octanol–water partition coefficient (Wildman–Crippen LogP) is 2.79. The van der Waals surface area contributed by atoms with Crippen LogP contribution < -0.4 is 15.4 Å². The summed E-state index contributed by atoms with van der Waals surface area (Å²) < 4.78 is 36.3. The van der Waals surface area contributed by atoms with Gasteiger partial charge in [-0.1, -0.05) is 19.9 Å². The molecule has 0 amide bonds. The van der Waals surface area contributed by atoms with Gasteiger partial charge in [0.1, 0.15) is 23.0 Å². The highest BCUT2D eigenvalue weighted by atomic mass is 32.2. The van der Waals surface area contributed by atoms with Crippen molar-refractivity contribution in [3.8, 4) is 5.75 Å². The SMILES string of the molecule is C=C1NC(c2cc(S(=O)(=O)N3C[C@@H](C)N[C@@H](C)C3)ccc2OCC)=Nc2c(CCC)nn(C)c21. The molecule has 4 rings (SSSR count). The molecule has 10 heteroatoms. The maximum atomic E-state index is 13.6. The van der Waals surface area contributed by atoms with Crippen molar-refractivity contribution in [2.45, 2.75) is 57.5 Å². The summed E-state index contributed by atoms with van der Waals surface area (Å²) in [7, 11) is -1.82. The monoisotopic (exact) mass is 486 g/mol. The van der Waals surface area contributed by atoms with E-state index in [-0.39, 0.29) is 17.0 Å². The smallest absolute Gasteiger partial charge is 0.243 e. The van der Waals surface area contributed by atoms with E-state index < -0.39 is 10.0 Å². The van der Waals surface area contributed by atoms with Gasteiger partial charge in [0.15, 0.2) is 0 Å². The Labute approximate surface area is 201 Å². The first-order chi connectivity index (χ1) is 16.1. The van der Waals surface area contributed by atoms with Crippen LogP contribution in [0.15, 0.2) is 34.7 Å². The first kappa shape index (κ1) is 24.4. The molecule has 2 aliphatic rings. The molecule has 1 aromatic heterocycles.